The zero-order valence-electron chi connectivity index (χ0n) is 13.2. The number of nitrogens with one attached hydrogen (secondary N) is 1. The number of fused-ring (bicyclic) bond motifs is 1. The molecule has 0 saturated carbocycles. The van der Waals surface area contributed by atoms with Gasteiger partial charge in [-0.2, -0.15) is 0 Å². The number of anilines is 1. The quantitative estimate of drug-likeness (QED) is 0.671. The van der Waals surface area contributed by atoms with E-state index in [-0.39, 0.29) is 0 Å². The minimum atomic E-state index is 0.586. The Hall–Kier alpha value is -2.18. The first-order valence-corrected chi connectivity index (χ1v) is 8.23. The molecule has 0 amide bonds. The Morgan fingerprint density at radius 3 is 2.78 bits per heavy atom. The normalized spacial score (nSPS) is 10.9. The molecule has 0 aliphatic carbocycles. The average molecular weight is 329 g/mol. The van der Waals surface area contributed by atoms with E-state index >= 15 is 0 Å². The lowest BCUT2D eigenvalue weighted by Gasteiger charge is -2.08. The second-order valence-corrected chi connectivity index (χ2v) is 6.36. The van der Waals surface area contributed by atoms with E-state index in [0.29, 0.717) is 19.8 Å². The summed E-state index contributed by atoms with van der Waals surface area (Å²) >= 11 is 1.68. The third-order valence-electron chi connectivity index (χ3n) is 3.42. The Kier molecular flexibility index (Phi) is 5.05. The monoisotopic (exact) mass is 329 g/mol. The summed E-state index contributed by atoms with van der Waals surface area (Å²) in [5.41, 5.74) is 1.13. The first-order chi connectivity index (χ1) is 11.3. The van der Waals surface area contributed by atoms with E-state index in [4.69, 9.17) is 9.47 Å². The summed E-state index contributed by atoms with van der Waals surface area (Å²) in [5.74, 6) is 1.72. The van der Waals surface area contributed by atoms with Crippen molar-refractivity contribution in [1.29, 1.82) is 0 Å². The van der Waals surface area contributed by atoms with Crippen molar-refractivity contribution in [1.82, 2.24) is 9.97 Å². The number of aromatic nitrogens is 2. The second kappa shape index (κ2) is 7.39. The second-order valence-electron chi connectivity index (χ2n) is 5.13. The lowest BCUT2D eigenvalue weighted by Crippen LogP contribution is -2.10. The Bertz CT molecular complexity index is 771. The smallest absolute Gasteiger partial charge is 0.138 e. The van der Waals surface area contributed by atoms with E-state index in [1.807, 2.05) is 24.3 Å². The molecule has 0 bridgehead atoms. The van der Waals surface area contributed by atoms with Gasteiger partial charge in [-0.3, -0.25) is 0 Å². The van der Waals surface area contributed by atoms with Gasteiger partial charge in [0, 0.05) is 11.4 Å². The Balaban J connectivity index is 1.47. The van der Waals surface area contributed by atoms with E-state index < -0.39 is 0 Å². The van der Waals surface area contributed by atoms with E-state index in [9.17, 15) is 0 Å². The third kappa shape index (κ3) is 3.97. The number of thiophene rings is 1. The van der Waals surface area contributed by atoms with Crippen LogP contribution in [0.3, 0.4) is 0 Å². The Morgan fingerprint density at radius 1 is 1.17 bits per heavy atom. The molecule has 3 aromatic rings. The lowest BCUT2D eigenvalue weighted by atomic mass is 10.2. The Morgan fingerprint density at radius 2 is 2.00 bits per heavy atom. The van der Waals surface area contributed by atoms with Gasteiger partial charge in [-0.15, -0.1) is 11.3 Å². The summed E-state index contributed by atoms with van der Waals surface area (Å²) in [6, 6.07) is 10.0. The van der Waals surface area contributed by atoms with Crippen molar-refractivity contribution in [2.24, 2.45) is 0 Å². The van der Waals surface area contributed by atoms with Crippen LogP contribution in [0.5, 0.6) is 5.75 Å². The van der Waals surface area contributed by atoms with Gasteiger partial charge in [-0.05, 0) is 30.7 Å². The maximum atomic E-state index is 5.69. The maximum Gasteiger partial charge on any atom is 0.138 e. The SMILES string of the molecule is COc1ccc(COCCNc2ncnc3sc(C)cc23)cc1. The molecule has 3 rings (SSSR count). The van der Waals surface area contributed by atoms with Crippen LogP contribution < -0.4 is 10.1 Å². The van der Waals surface area contributed by atoms with Gasteiger partial charge < -0.3 is 14.8 Å². The molecule has 0 aliphatic rings. The van der Waals surface area contributed by atoms with E-state index in [2.05, 4.69) is 28.3 Å². The van der Waals surface area contributed by atoms with Crippen molar-refractivity contribution in [3.05, 3.63) is 47.1 Å². The van der Waals surface area contributed by atoms with Crippen LogP contribution in [-0.2, 0) is 11.3 Å². The number of ether oxygens (including phenoxy) is 2. The fourth-order valence-electron chi connectivity index (χ4n) is 2.27. The van der Waals surface area contributed by atoms with Gasteiger partial charge in [-0.1, -0.05) is 12.1 Å². The predicted octanol–water partition coefficient (Wildman–Crippen LogP) is 3.64. The highest BCUT2D eigenvalue weighted by atomic mass is 32.1. The fraction of sp³-hybridized carbons (Fsp3) is 0.294. The van der Waals surface area contributed by atoms with Crippen molar-refractivity contribution in [3.63, 3.8) is 0 Å². The number of aryl methyl sites for hydroxylation is 1. The highest BCUT2D eigenvalue weighted by Crippen LogP contribution is 2.27. The van der Waals surface area contributed by atoms with Crippen LogP contribution in [0.25, 0.3) is 10.2 Å². The average Bonchev–Trinajstić information content (AvgIpc) is 2.96. The van der Waals surface area contributed by atoms with Crippen LogP contribution >= 0.6 is 11.3 Å². The van der Waals surface area contributed by atoms with Crippen molar-refractivity contribution >= 4 is 27.4 Å². The van der Waals surface area contributed by atoms with Crippen LogP contribution in [0, 0.1) is 6.92 Å². The maximum absolute atomic E-state index is 5.69. The summed E-state index contributed by atoms with van der Waals surface area (Å²) in [6.45, 7) is 3.98. The largest absolute Gasteiger partial charge is 0.497 e. The van der Waals surface area contributed by atoms with Crippen molar-refractivity contribution < 1.29 is 9.47 Å². The molecule has 2 heterocycles. The minimum Gasteiger partial charge on any atom is -0.497 e. The van der Waals surface area contributed by atoms with Gasteiger partial charge in [0.05, 0.1) is 25.7 Å². The molecule has 1 aromatic carbocycles. The molecule has 1 N–H and O–H groups in total. The van der Waals surface area contributed by atoms with Crippen LogP contribution in [-0.4, -0.2) is 30.2 Å². The number of benzene rings is 1. The molecule has 120 valence electrons. The highest BCUT2D eigenvalue weighted by molar-refractivity contribution is 7.18. The van der Waals surface area contributed by atoms with Gasteiger partial charge in [0.2, 0.25) is 0 Å². The van der Waals surface area contributed by atoms with E-state index in [0.717, 1.165) is 27.3 Å². The van der Waals surface area contributed by atoms with Crippen LogP contribution in [0.2, 0.25) is 0 Å². The topological polar surface area (TPSA) is 56.3 Å². The van der Waals surface area contributed by atoms with Crippen molar-refractivity contribution in [3.8, 4) is 5.75 Å². The van der Waals surface area contributed by atoms with Crippen molar-refractivity contribution in [2.45, 2.75) is 13.5 Å². The van der Waals surface area contributed by atoms with Gasteiger partial charge in [-0.25, -0.2) is 9.97 Å². The molecular weight excluding hydrogens is 310 g/mol. The van der Waals surface area contributed by atoms with Gasteiger partial charge in [0.1, 0.15) is 22.7 Å². The molecule has 0 atom stereocenters. The predicted molar refractivity (Wildman–Crippen MR) is 93.3 cm³/mol. The lowest BCUT2D eigenvalue weighted by molar-refractivity contribution is 0.130. The number of hydrogen-bond acceptors (Lipinski definition) is 6. The van der Waals surface area contributed by atoms with Gasteiger partial charge >= 0.3 is 0 Å². The zero-order valence-corrected chi connectivity index (χ0v) is 14.0. The van der Waals surface area contributed by atoms with Gasteiger partial charge in [0.15, 0.2) is 0 Å². The third-order valence-corrected chi connectivity index (χ3v) is 4.38. The molecule has 2 aromatic heterocycles. The molecule has 0 aliphatic heterocycles. The molecule has 6 heteroatoms. The van der Waals surface area contributed by atoms with Crippen LogP contribution in [0.1, 0.15) is 10.4 Å². The molecular formula is C17H19N3O2S. The summed E-state index contributed by atoms with van der Waals surface area (Å²) in [6.07, 6.45) is 1.60. The molecule has 5 nitrogen and oxygen atoms in total. The number of methoxy groups -OCH3 is 1. The minimum absolute atomic E-state index is 0.586. The summed E-state index contributed by atoms with van der Waals surface area (Å²) < 4.78 is 10.8. The highest BCUT2D eigenvalue weighted by Gasteiger charge is 2.06. The van der Waals surface area contributed by atoms with Gasteiger partial charge in [0.25, 0.3) is 0 Å². The van der Waals surface area contributed by atoms with E-state index in [1.54, 1.807) is 24.8 Å². The molecule has 0 saturated heterocycles. The number of nitrogens with zero attached hydrogens (tertiary/aromatic N) is 2. The first-order valence-electron chi connectivity index (χ1n) is 7.42. The van der Waals surface area contributed by atoms with Crippen LogP contribution in [0.15, 0.2) is 36.7 Å². The zero-order chi connectivity index (χ0) is 16.1. The number of hydrogen-bond donors (Lipinski definition) is 1. The summed E-state index contributed by atoms with van der Waals surface area (Å²) in [5, 5.41) is 4.39. The molecule has 23 heavy (non-hydrogen) atoms. The first kappa shape index (κ1) is 15.7. The molecule has 0 radical (unpaired) electrons. The summed E-state index contributed by atoms with van der Waals surface area (Å²) in [7, 11) is 1.66. The molecule has 0 fully saturated rings. The standard InChI is InChI=1S/C17H19N3O2S/c1-12-9-15-16(19-11-20-17(15)23-12)18-7-8-22-10-13-3-5-14(21-2)6-4-13/h3-6,9,11H,7-8,10H2,1-2H3,(H,18,19,20). The van der Waals surface area contributed by atoms with Crippen molar-refractivity contribution in [2.75, 3.05) is 25.6 Å². The number of rotatable bonds is 7. The molecule has 0 spiro atoms. The Labute approximate surface area is 139 Å². The van der Waals surface area contributed by atoms with Crippen LogP contribution in [0.4, 0.5) is 5.82 Å². The summed E-state index contributed by atoms with van der Waals surface area (Å²) in [4.78, 5) is 10.8. The fourth-order valence-corrected chi connectivity index (χ4v) is 3.12. The van der Waals surface area contributed by atoms with E-state index in [1.165, 1.54) is 4.88 Å². The molecule has 0 unspecified atom stereocenters.